The van der Waals surface area contributed by atoms with Crippen LogP contribution in [0.25, 0.3) is 5.65 Å². The van der Waals surface area contributed by atoms with E-state index in [9.17, 15) is 9.90 Å². The summed E-state index contributed by atoms with van der Waals surface area (Å²) in [5.74, 6) is -0.148. The predicted octanol–water partition coefficient (Wildman–Crippen LogP) is 2.84. The number of rotatable bonds is 3. The molecule has 3 aromatic rings. The van der Waals surface area contributed by atoms with Crippen molar-refractivity contribution in [2.45, 2.75) is 20.3 Å². The Labute approximate surface area is 128 Å². The second-order valence-corrected chi connectivity index (χ2v) is 5.45. The van der Waals surface area contributed by atoms with Crippen LogP contribution in [0.5, 0.6) is 5.75 Å². The molecule has 2 heterocycles. The third-order valence-electron chi connectivity index (χ3n) is 3.43. The molecular formula is C17H17N3O2. The number of hydrogen-bond acceptors (Lipinski definition) is 3. The van der Waals surface area contributed by atoms with Gasteiger partial charge in [-0.2, -0.15) is 0 Å². The van der Waals surface area contributed by atoms with Crippen LogP contribution in [0.3, 0.4) is 0 Å². The Morgan fingerprint density at radius 1 is 1.23 bits per heavy atom. The van der Waals surface area contributed by atoms with Crippen LogP contribution in [0.1, 0.15) is 16.8 Å². The molecule has 0 bridgehead atoms. The smallest absolute Gasteiger partial charge is 0.230 e. The second kappa shape index (κ2) is 5.52. The Hall–Kier alpha value is -2.82. The second-order valence-electron chi connectivity index (χ2n) is 5.45. The lowest BCUT2D eigenvalue weighted by molar-refractivity contribution is -0.115. The Morgan fingerprint density at radius 2 is 2.00 bits per heavy atom. The van der Waals surface area contributed by atoms with Crippen molar-refractivity contribution in [2.24, 2.45) is 0 Å². The third-order valence-corrected chi connectivity index (χ3v) is 3.43. The number of hydrogen-bond donors (Lipinski definition) is 2. The summed E-state index contributed by atoms with van der Waals surface area (Å²) in [6.07, 6.45) is 3.92. The number of pyridine rings is 1. The Morgan fingerprint density at radius 3 is 2.82 bits per heavy atom. The first kappa shape index (κ1) is 14.1. The van der Waals surface area contributed by atoms with E-state index in [1.807, 2.05) is 42.8 Å². The quantitative estimate of drug-likeness (QED) is 0.730. The number of aromatic nitrogens is 2. The van der Waals surface area contributed by atoms with E-state index >= 15 is 0 Å². The third kappa shape index (κ3) is 2.93. The SMILES string of the molecule is Cc1ccc(O)c(NC(=O)Cc2cn3ccc(C)cc3n2)c1. The number of carbonyl (C=O) groups is 1. The molecule has 22 heavy (non-hydrogen) atoms. The number of aryl methyl sites for hydroxylation is 2. The van der Waals surface area contributed by atoms with Crippen LogP contribution in [0, 0.1) is 13.8 Å². The molecule has 0 saturated heterocycles. The van der Waals surface area contributed by atoms with E-state index in [4.69, 9.17) is 0 Å². The number of fused-ring (bicyclic) bond motifs is 1. The molecule has 0 atom stereocenters. The van der Waals surface area contributed by atoms with Gasteiger partial charge < -0.3 is 14.8 Å². The van der Waals surface area contributed by atoms with Gasteiger partial charge in [0.05, 0.1) is 17.8 Å². The fourth-order valence-electron chi connectivity index (χ4n) is 2.33. The summed E-state index contributed by atoms with van der Waals surface area (Å²) >= 11 is 0. The van der Waals surface area contributed by atoms with Crippen molar-refractivity contribution in [1.82, 2.24) is 9.38 Å². The van der Waals surface area contributed by atoms with Crippen LogP contribution in [0.2, 0.25) is 0 Å². The van der Waals surface area contributed by atoms with E-state index in [-0.39, 0.29) is 18.1 Å². The zero-order valence-electron chi connectivity index (χ0n) is 12.5. The van der Waals surface area contributed by atoms with E-state index in [0.717, 1.165) is 16.8 Å². The average Bonchev–Trinajstić information content (AvgIpc) is 2.84. The lowest BCUT2D eigenvalue weighted by atomic mass is 10.2. The maximum absolute atomic E-state index is 12.1. The molecule has 112 valence electrons. The highest BCUT2D eigenvalue weighted by Crippen LogP contribution is 2.24. The molecule has 0 fully saturated rings. The number of benzene rings is 1. The summed E-state index contributed by atoms with van der Waals surface area (Å²) in [6.45, 7) is 3.90. The molecule has 1 amide bonds. The van der Waals surface area contributed by atoms with Gasteiger partial charge in [-0.1, -0.05) is 6.07 Å². The lowest BCUT2D eigenvalue weighted by Gasteiger charge is -2.07. The van der Waals surface area contributed by atoms with Crippen LogP contribution < -0.4 is 5.32 Å². The summed E-state index contributed by atoms with van der Waals surface area (Å²) in [7, 11) is 0. The van der Waals surface area contributed by atoms with Gasteiger partial charge in [-0.3, -0.25) is 4.79 Å². The van der Waals surface area contributed by atoms with Crippen molar-refractivity contribution in [2.75, 3.05) is 5.32 Å². The van der Waals surface area contributed by atoms with Gasteiger partial charge in [-0.05, 0) is 49.2 Å². The van der Waals surface area contributed by atoms with E-state index < -0.39 is 0 Å². The van der Waals surface area contributed by atoms with Gasteiger partial charge in [0, 0.05) is 12.4 Å². The van der Waals surface area contributed by atoms with Gasteiger partial charge in [0.2, 0.25) is 5.91 Å². The van der Waals surface area contributed by atoms with Crippen molar-refractivity contribution in [3.63, 3.8) is 0 Å². The van der Waals surface area contributed by atoms with Gasteiger partial charge in [0.15, 0.2) is 0 Å². The standard InChI is InChI=1S/C17H17N3O2/c1-11-3-4-15(21)14(7-11)19-17(22)9-13-10-20-6-5-12(2)8-16(20)18-13/h3-8,10,21H,9H2,1-2H3,(H,19,22). The zero-order valence-corrected chi connectivity index (χ0v) is 12.5. The molecule has 2 aromatic heterocycles. The normalized spacial score (nSPS) is 10.8. The van der Waals surface area contributed by atoms with Crippen LogP contribution in [0.15, 0.2) is 42.7 Å². The maximum atomic E-state index is 12.1. The average molecular weight is 295 g/mol. The number of carbonyl (C=O) groups excluding carboxylic acids is 1. The van der Waals surface area contributed by atoms with Crippen LogP contribution in [0.4, 0.5) is 5.69 Å². The fraction of sp³-hybridized carbons (Fsp3) is 0.176. The van der Waals surface area contributed by atoms with Crippen molar-refractivity contribution in [3.8, 4) is 5.75 Å². The molecule has 2 N–H and O–H groups in total. The largest absolute Gasteiger partial charge is 0.506 e. The molecule has 0 aliphatic carbocycles. The highest BCUT2D eigenvalue weighted by Gasteiger charge is 2.10. The summed E-state index contributed by atoms with van der Waals surface area (Å²) in [4.78, 5) is 16.6. The highest BCUT2D eigenvalue weighted by molar-refractivity contribution is 5.93. The first-order chi connectivity index (χ1) is 10.5. The Bertz CT molecular complexity index is 852. The van der Waals surface area contributed by atoms with Gasteiger partial charge in [-0.15, -0.1) is 0 Å². The molecule has 5 nitrogen and oxygen atoms in total. The van der Waals surface area contributed by atoms with Gasteiger partial charge in [-0.25, -0.2) is 4.98 Å². The van der Waals surface area contributed by atoms with E-state index in [2.05, 4.69) is 10.3 Å². The maximum Gasteiger partial charge on any atom is 0.230 e. The monoisotopic (exact) mass is 295 g/mol. The number of phenols is 1. The number of nitrogens with zero attached hydrogens (tertiary/aromatic N) is 2. The van der Waals surface area contributed by atoms with Gasteiger partial charge >= 0.3 is 0 Å². The van der Waals surface area contributed by atoms with Crippen LogP contribution in [-0.2, 0) is 11.2 Å². The Kier molecular flexibility index (Phi) is 3.55. The minimum atomic E-state index is -0.207. The highest BCUT2D eigenvalue weighted by atomic mass is 16.3. The molecule has 1 aromatic carbocycles. The molecule has 0 spiro atoms. The van der Waals surface area contributed by atoms with Crippen molar-refractivity contribution in [1.29, 1.82) is 0 Å². The molecule has 0 radical (unpaired) electrons. The summed E-state index contributed by atoms with van der Waals surface area (Å²) in [5, 5.41) is 12.5. The number of aromatic hydroxyl groups is 1. The van der Waals surface area contributed by atoms with E-state index in [1.54, 1.807) is 18.2 Å². The topological polar surface area (TPSA) is 66.6 Å². The van der Waals surface area contributed by atoms with Crippen LogP contribution in [-0.4, -0.2) is 20.4 Å². The minimum Gasteiger partial charge on any atom is -0.506 e. The molecule has 5 heteroatoms. The Balaban J connectivity index is 1.76. The van der Waals surface area contributed by atoms with Crippen molar-refractivity contribution >= 4 is 17.2 Å². The van der Waals surface area contributed by atoms with E-state index in [0.29, 0.717) is 11.4 Å². The van der Waals surface area contributed by atoms with E-state index in [1.165, 1.54) is 0 Å². The first-order valence-electron chi connectivity index (χ1n) is 7.05. The molecular weight excluding hydrogens is 278 g/mol. The molecule has 0 aliphatic heterocycles. The lowest BCUT2D eigenvalue weighted by Crippen LogP contribution is -2.14. The fourth-order valence-corrected chi connectivity index (χ4v) is 2.33. The predicted molar refractivity (Wildman–Crippen MR) is 85.1 cm³/mol. The number of imidazole rings is 1. The minimum absolute atomic E-state index is 0.0598. The number of anilines is 1. The van der Waals surface area contributed by atoms with Crippen molar-refractivity contribution in [3.05, 3.63) is 59.5 Å². The number of phenolic OH excluding ortho intramolecular Hbond substituents is 1. The van der Waals surface area contributed by atoms with Gasteiger partial charge in [0.1, 0.15) is 11.4 Å². The van der Waals surface area contributed by atoms with Crippen molar-refractivity contribution < 1.29 is 9.90 Å². The van der Waals surface area contributed by atoms with Crippen LogP contribution >= 0.6 is 0 Å². The molecule has 0 unspecified atom stereocenters. The zero-order chi connectivity index (χ0) is 15.7. The summed E-state index contributed by atoms with van der Waals surface area (Å²) < 4.78 is 1.89. The summed E-state index contributed by atoms with van der Waals surface area (Å²) in [6, 6.07) is 9.05. The van der Waals surface area contributed by atoms with Gasteiger partial charge in [0.25, 0.3) is 0 Å². The number of amides is 1. The summed E-state index contributed by atoms with van der Waals surface area (Å²) in [5.41, 5.74) is 4.02. The molecule has 0 saturated carbocycles. The molecule has 3 rings (SSSR count). The number of nitrogens with one attached hydrogen (secondary N) is 1. The first-order valence-corrected chi connectivity index (χ1v) is 7.05. The molecule has 0 aliphatic rings.